The molecule has 1 amide bonds. The second-order valence-electron chi connectivity index (χ2n) is 9.21. The molecular formula is C29H23ClFNO5S2. The van der Waals surface area contributed by atoms with Gasteiger partial charge in [0.1, 0.15) is 17.6 Å². The number of rotatable bonds is 7. The van der Waals surface area contributed by atoms with Gasteiger partial charge in [0.05, 0.1) is 28.3 Å². The Morgan fingerprint density at radius 2 is 1.82 bits per heavy atom. The number of halogens is 2. The Hall–Kier alpha value is -3.53. The molecule has 2 aromatic heterocycles. The third kappa shape index (κ3) is 4.97. The van der Waals surface area contributed by atoms with Gasteiger partial charge in [0.15, 0.2) is 5.78 Å². The van der Waals surface area contributed by atoms with E-state index in [9.17, 15) is 23.9 Å². The molecule has 0 bridgehead atoms. The summed E-state index contributed by atoms with van der Waals surface area (Å²) in [7, 11) is 1.50. The summed E-state index contributed by atoms with van der Waals surface area (Å²) in [5.74, 6) is -4.31. The predicted octanol–water partition coefficient (Wildman–Crippen LogP) is 6.85. The molecule has 0 aliphatic carbocycles. The van der Waals surface area contributed by atoms with Crippen molar-refractivity contribution in [3.63, 3.8) is 0 Å². The summed E-state index contributed by atoms with van der Waals surface area (Å²) in [6, 6.07) is 14.7. The zero-order valence-electron chi connectivity index (χ0n) is 20.8. The van der Waals surface area contributed by atoms with Crippen LogP contribution in [0.2, 0.25) is 4.34 Å². The van der Waals surface area contributed by atoms with Crippen LogP contribution in [0.25, 0.3) is 0 Å². The van der Waals surface area contributed by atoms with Crippen molar-refractivity contribution >= 4 is 51.9 Å². The van der Waals surface area contributed by atoms with Gasteiger partial charge in [0.25, 0.3) is 5.91 Å². The molecule has 1 N–H and O–H groups in total. The van der Waals surface area contributed by atoms with Crippen LogP contribution in [0.4, 0.5) is 4.39 Å². The highest BCUT2D eigenvalue weighted by molar-refractivity contribution is 7.18. The minimum atomic E-state index is -1.43. The lowest BCUT2D eigenvalue weighted by Gasteiger charge is -2.30. The zero-order chi connectivity index (χ0) is 27.8. The fourth-order valence-electron chi connectivity index (χ4n) is 5.34. The van der Waals surface area contributed by atoms with Crippen molar-refractivity contribution in [2.75, 3.05) is 7.11 Å². The van der Waals surface area contributed by atoms with Crippen LogP contribution in [0.3, 0.4) is 0 Å². The Morgan fingerprint density at radius 3 is 2.44 bits per heavy atom. The minimum absolute atomic E-state index is 0.00267. The number of aryl methyl sites for hydroxylation is 1. The van der Waals surface area contributed by atoms with E-state index in [1.54, 1.807) is 36.4 Å². The fraction of sp³-hybridized carbons (Fsp3) is 0.207. The van der Waals surface area contributed by atoms with Gasteiger partial charge < -0.3 is 14.7 Å². The van der Waals surface area contributed by atoms with Crippen molar-refractivity contribution < 1.29 is 28.6 Å². The van der Waals surface area contributed by atoms with Gasteiger partial charge in [-0.1, -0.05) is 29.8 Å². The summed E-state index contributed by atoms with van der Waals surface area (Å²) < 4.78 is 20.0. The lowest BCUT2D eigenvalue weighted by molar-refractivity contribution is -0.142. The number of nitrogens with zero attached hydrogens (tertiary/aromatic N) is 1. The number of carboxylic acid groups (broad SMARTS) is 1. The summed E-state index contributed by atoms with van der Waals surface area (Å²) >= 11 is 8.62. The van der Waals surface area contributed by atoms with Gasteiger partial charge in [0.2, 0.25) is 0 Å². The Kier molecular flexibility index (Phi) is 7.57. The van der Waals surface area contributed by atoms with E-state index in [2.05, 4.69) is 0 Å². The largest absolute Gasteiger partial charge is 0.497 e. The molecule has 0 saturated carbocycles. The van der Waals surface area contributed by atoms with Crippen molar-refractivity contribution in [1.82, 2.24) is 4.90 Å². The topological polar surface area (TPSA) is 83.9 Å². The van der Waals surface area contributed by atoms with E-state index in [1.807, 2.05) is 18.4 Å². The van der Waals surface area contributed by atoms with E-state index >= 15 is 0 Å². The molecular weight excluding hydrogens is 561 g/mol. The van der Waals surface area contributed by atoms with Gasteiger partial charge >= 0.3 is 5.97 Å². The van der Waals surface area contributed by atoms with Crippen LogP contribution in [0.1, 0.15) is 48.0 Å². The number of Topliss-reactive ketones (excluding diaryl/α,β-unsaturated/α-hetero) is 1. The highest BCUT2D eigenvalue weighted by atomic mass is 35.5. The number of carbonyl (C=O) groups is 3. The first-order chi connectivity index (χ1) is 18.7. The van der Waals surface area contributed by atoms with Crippen LogP contribution in [0.15, 0.2) is 72.1 Å². The van der Waals surface area contributed by atoms with Gasteiger partial charge in [-0.25, -0.2) is 9.18 Å². The molecule has 200 valence electrons. The van der Waals surface area contributed by atoms with Crippen LogP contribution in [0, 0.1) is 18.7 Å². The first-order valence-electron chi connectivity index (χ1n) is 12.0. The number of benzene rings is 2. The second-order valence-corrected chi connectivity index (χ2v) is 11.9. The highest BCUT2D eigenvalue weighted by Gasteiger charge is 2.58. The maximum absolute atomic E-state index is 14.3. The van der Waals surface area contributed by atoms with Crippen molar-refractivity contribution in [3.05, 3.63) is 109 Å². The highest BCUT2D eigenvalue weighted by Crippen LogP contribution is 2.54. The molecule has 4 unspecified atom stereocenters. The number of methoxy groups -OCH3 is 1. The van der Waals surface area contributed by atoms with Gasteiger partial charge in [-0.2, -0.15) is 0 Å². The lowest BCUT2D eigenvalue weighted by Crippen LogP contribution is -2.43. The Bertz CT molecular complexity index is 1570. The molecule has 6 nitrogen and oxygen atoms in total. The van der Waals surface area contributed by atoms with E-state index < -0.39 is 41.6 Å². The first kappa shape index (κ1) is 27.1. The van der Waals surface area contributed by atoms with Gasteiger partial charge in [-0.05, 0) is 72.0 Å². The number of thiophene rings is 2. The quantitative estimate of drug-likeness (QED) is 0.241. The molecule has 5 rings (SSSR count). The van der Waals surface area contributed by atoms with E-state index in [1.165, 1.54) is 41.5 Å². The van der Waals surface area contributed by atoms with Crippen LogP contribution < -0.4 is 4.74 Å². The molecule has 0 radical (unpaired) electrons. The number of hydrogen-bond acceptors (Lipinski definition) is 6. The van der Waals surface area contributed by atoms with Crippen molar-refractivity contribution in [2.24, 2.45) is 5.92 Å². The van der Waals surface area contributed by atoms with Crippen LogP contribution >= 0.6 is 34.3 Å². The van der Waals surface area contributed by atoms with Crippen LogP contribution in [-0.4, -0.2) is 40.8 Å². The zero-order valence-corrected chi connectivity index (χ0v) is 23.2. The SMILES string of the molecule is COc1cccc(C2C(C(=O)c3ccc(Cl)s3)C(c3sccc3C)N(C(=O)c3cccc(F)c3)C2C(=O)O)c1. The molecule has 1 aliphatic heterocycles. The lowest BCUT2D eigenvalue weighted by atomic mass is 9.78. The van der Waals surface area contributed by atoms with E-state index in [-0.39, 0.29) is 11.3 Å². The standard InChI is InChI=1S/C29H23ClFNO5S2/c1-15-11-12-38-27(15)24-23(26(33)20-9-10-21(30)39-20)22(16-5-4-8-19(14-16)37-2)25(29(35)36)32(24)28(34)17-6-3-7-18(31)13-17/h3-14,22-25H,1-2H3,(H,35,36). The molecule has 0 spiro atoms. The Balaban J connectivity index is 1.79. The fourth-order valence-corrected chi connectivity index (χ4v) is 7.44. The Morgan fingerprint density at radius 1 is 1.05 bits per heavy atom. The van der Waals surface area contributed by atoms with Crippen molar-refractivity contribution in [3.8, 4) is 5.75 Å². The number of ketones is 1. The number of aliphatic carboxylic acids is 1. The molecule has 1 saturated heterocycles. The number of ether oxygens (including phenoxy) is 1. The summed E-state index contributed by atoms with van der Waals surface area (Å²) in [5, 5.41) is 12.5. The average Bonchev–Trinajstić information content (AvgIpc) is 3.64. The molecule has 2 aromatic carbocycles. The smallest absolute Gasteiger partial charge is 0.327 e. The molecule has 1 aliphatic rings. The van der Waals surface area contributed by atoms with E-state index in [0.29, 0.717) is 25.4 Å². The monoisotopic (exact) mass is 583 g/mol. The van der Waals surface area contributed by atoms with E-state index in [4.69, 9.17) is 16.3 Å². The normalized spacial score (nSPS) is 20.7. The summed E-state index contributed by atoms with van der Waals surface area (Å²) in [4.78, 5) is 43.7. The maximum atomic E-state index is 14.3. The number of carbonyl (C=O) groups excluding carboxylic acids is 2. The molecule has 10 heteroatoms. The number of amides is 1. The third-order valence-electron chi connectivity index (χ3n) is 6.99. The number of likely N-dealkylation sites (tertiary alicyclic amines) is 1. The van der Waals surface area contributed by atoms with Gasteiger partial charge in [-0.3, -0.25) is 9.59 Å². The number of hydrogen-bond donors (Lipinski definition) is 1. The van der Waals surface area contributed by atoms with Gasteiger partial charge in [-0.15, -0.1) is 22.7 Å². The van der Waals surface area contributed by atoms with Gasteiger partial charge in [0, 0.05) is 16.4 Å². The van der Waals surface area contributed by atoms with E-state index in [0.717, 1.165) is 23.0 Å². The molecule has 4 atom stereocenters. The molecule has 4 aromatic rings. The van der Waals surface area contributed by atoms with Crippen molar-refractivity contribution in [1.29, 1.82) is 0 Å². The first-order valence-corrected chi connectivity index (χ1v) is 14.1. The van der Waals surface area contributed by atoms with Crippen LogP contribution in [-0.2, 0) is 4.79 Å². The van der Waals surface area contributed by atoms with Crippen LogP contribution in [0.5, 0.6) is 5.75 Å². The Labute approximate surface area is 237 Å². The number of carboxylic acids is 1. The molecule has 39 heavy (non-hydrogen) atoms. The average molecular weight is 584 g/mol. The minimum Gasteiger partial charge on any atom is -0.497 e. The second kappa shape index (κ2) is 10.9. The summed E-state index contributed by atoms with van der Waals surface area (Å²) in [6.07, 6.45) is 0. The summed E-state index contributed by atoms with van der Waals surface area (Å²) in [5.41, 5.74) is 1.35. The predicted molar refractivity (Wildman–Crippen MR) is 149 cm³/mol. The maximum Gasteiger partial charge on any atom is 0.327 e. The summed E-state index contributed by atoms with van der Waals surface area (Å²) in [6.45, 7) is 1.86. The molecule has 1 fully saturated rings. The molecule has 3 heterocycles. The third-order valence-corrected chi connectivity index (χ3v) is 9.33. The van der Waals surface area contributed by atoms with Crippen molar-refractivity contribution in [2.45, 2.75) is 24.9 Å².